The van der Waals surface area contributed by atoms with Crippen LogP contribution in [0.25, 0.3) is 0 Å². The fraction of sp³-hybridized carbons (Fsp3) is 0.462. The molecule has 1 N–H and O–H groups in total. The summed E-state index contributed by atoms with van der Waals surface area (Å²) in [5, 5.41) is 6.88. The van der Waals surface area contributed by atoms with E-state index in [1.165, 1.54) is 4.68 Å². The molecule has 0 aromatic carbocycles. The van der Waals surface area contributed by atoms with E-state index in [0.29, 0.717) is 12.3 Å². The van der Waals surface area contributed by atoms with Crippen LogP contribution in [0.5, 0.6) is 0 Å². The number of rotatable bonds is 5. The zero-order valence-corrected chi connectivity index (χ0v) is 11.3. The van der Waals surface area contributed by atoms with Gasteiger partial charge in [-0.2, -0.15) is 18.3 Å². The fourth-order valence-corrected chi connectivity index (χ4v) is 1.86. The summed E-state index contributed by atoms with van der Waals surface area (Å²) in [6.07, 6.45) is -2.58. The van der Waals surface area contributed by atoms with Gasteiger partial charge in [0.25, 0.3) is 0 Å². The van der Waals surface area contributed by atoms with E-state index in [9.17, 15) is 13.2 Å². The second-order valence-electron chi connectivity index (χ2n) is 4.50. The SMILES string of the molecule is CCNCc1cc(Cn2cc(C(F)(F)F)cn2)oc1C. The molecule has 4 nitrogen and oxygen atoms in total. The van der Waals surface area contributed by atoms with E-state index < -0.39 is 11.7 Å². The van der Waals surface area contributed by atoms with Crippen LogP contribution in [0.3, 0.4) is 0 Å². The Balaban J connectivity index is 2.08. The van der Waals surface area contributed by atoms with Gasteiger partial charge in [0.2, 0.25) is 0 Å². The maximum absolute atomic E-state index is 12.5. The number of nitrogens with one attached hydrogen (secondary N) is 1. The molecule has 0 aliphatic heterocycles. The summed E-state index contributed by atoms with van der Waals surface area (Å²) < 4.78 is 44.1. The van der Waals surface area contributed by atoms with Gasteiger partial charge >= 0.3 is 6.18 Å². The van der Waals surface area contributed by atoms with Gasteiger partial charge in [-0.05, 0) is 19.5 Å². The van der Waals surface area contributed by atoms with Crippen molar-refractivity contribution in [2.24, 2.45) is 0 Å². The Morgan fingerprint density at radius 2 is 2.15 bits per heavy atom. The largest absolute Gasteiger partial charge is 0.464 e. The number of hydrogen-bond donors (Lipinski definition) is 1. The molecule has 2 heterocycles. The lowest BCUT2D eigenvalue weighted by atomic mass is 10.2. The van der Waals surface area contributed by atoms with Crippen LogP contribution >= 0.6 is 0 Å². The lowest BCUT2D eigenvalue weighted by molar-refractivity contribution is -0.137. The van der Waals surface area contributed by atoms with Gasteiger partial charge in [-0.25, -0.2) is 0 Å². The van der Waals surface area contributed by atoms with Crippen LogP contribution in [0.2, 0.25) is 0 Å². The van der Waals surface area contributed by atoms with Crippen LogP contribution in [0.4, 0.5) is 13.2 Å². The Morgan fingerprint density at radius 1 is 1.40 bits per heavy atom. The molecule has 7 heteroatoms. The number of alkyl halides is 3. The van der Waals surface area contributed by atoms with Crippen molar-refractivity contribution in [3.05, 3.63) is 41.1 Å². The minimum Gasteiger partial charge on any atom is -0.464 e. The number of furan rings is 1. The van der Waals surface area contributed by atoms with Gasteiger partial charge in [-0.3, -0.25) is 4.68 Å². The third kappa shape index (κ3) is 3.41. The summed E-state index contributed by atoms with van der Waals surface area (Å²) >= 11 is 0. The third-order valence-corrected chi connectivity index (χ3v) is 2.92. The van der Waals surface area contributed by atoms with Crippen LogP contribution in [-0.2, 0) is 19.3 Å². The Hall–Kier alpha value is -1.76. The molecule has 0 bridgehead atoms. The van der Waals surface area contributed by atoms with Crippen molar-refractivity contribution in [2.75, 3.05) is 6.54 Å². The molecule has 0 radical (unpaired) electrons. The highest BCUT2D eigenvalue weighted by atomic mass is 19.4. The highest BCUT2D eigenvalue weighted by molar-refractivity contribution is 5.21. The zero-order chi connectivity index (χ0) is 14.8. The van der Waals surface area contributed by atoms with Crippen molar-refractivity contribution in [3.8, 4) is 0 Å². The van der Waals surface area contributed by atoms with Crippen molar-refractivity contribution < 1.29 is 17.6 Å². The van der Waals surface area contributed by atoms with Crippen LogP contribution < -0.4 is 5.32 Å². The van der Waals surface area contributed by atoms with Crippen molar-refractivity contribution >= 4 is 0 Å². The zero-order valence-electron chi connectivity index (χ0n) is 11.3. The molecule has 0 spiro atoms. The molecule has 2 rings (SSSR count). The monoisotopic (exact) mass is 287 g/mol. The molecule has 0 unspecified atom stereocenters. The first-order valence-corrected chi connectivity index (χ1v) is 6.28. The van der Waals surface area contributed by atoms with Gasteiger partial charge in [-0.1, -0.05) is 6.92 Å². The number of nitrogens with zero attached hydrogens (tertiary/aromatic N) is 2. The van der Waals surface area contributed by atoms with E-state index in [0.717, 1.165) is 30.3 Å². The molecule has 2 aromatic heterocycles. The number of aromatic nitrogens is 2. The molecule has 0 aliphatic carbocycles. The molecule has 0 aliphatic rings. The Bertz CT molecular complexity index is 572. The number of halogens is 3. The Kier molecular flexibility index (Phi) is 4.17. The van der Waals surface area contributed by atoms with Crippen LogP contribution in [-0.4, -0.2) is 16.3 Å². The molecule has 20 heavy (non-hydrogen) atoms. The molecule has 0 atom stereocenters. The first-order valence-electron chi connectivity index (χ1n) is 6.28. The maximum Gasteiger partial charge on any atom is 0.419 e. The van der Waals surface area contributed by atoms with Gasteiger partial charge in [-0.15, -0.1) is 0 Å². The summed E-state index contributed by atoms with van der Waals surface area (Å²) in [6, 6.07) is 1.84. The van der Waals surface area contributed by atoms with Crippen LogP contribution in [0, 0.1) is 6.92 Å². The average molecular weight is 287 g/mol. The molecule has 110 valence electrons. The summed E-state index contributed by atoms with van der Waals surface area (Å²) in [5.74, 6) is 1.36. The first-order chi connectivity index (χ1) is 9.40. The summed E-state index contributed by atoms with van der Waals surface area (Å²) in [4.78, 5) is 0. The Morgan fingerprint density at radius 3 is 2.75 bits per heavy atom. The standard InChI is InChI=1S/C13H16F3N3O/c1-3-17-5-10-4-12(20-9(10)2)8-19-7-11(6-18-19)13(14,15)16/h4,6-7,17H,3,5,8H2,1-2H3. The number of aryl methyl sites for hydroxylation is 1. The average Bonchev–Trinajstić information content (AvgIpc) is 2.94. The minimum absolute atomic E-state index is 0.184. The minimum atomic E-state index is -4.37. The second-order valence-corrected chi connectivity index (χ2v) is 4.50. The predicted octanol–water partition coefficient (Wildman–Crippen LogP) is 2.96. The maximum atomic E-state index is 12.5. The topological polar surface area (TPSA) is 43.0 Å². The summed E-state index contributed by atoms with van der Waals surface area (Å²) in [5.41, 5.74) is 0.249. The molecule has 0 saturated carbocycles. The van der Waals surface area contributed by atoms with E-state index in [4.69, 9.17) is 4.42 Å². The quantitative estimate of drug-likeness (QED) is 0.919. The second kappa shape index (κ2) is 5.70. The van der Waals surface area contributed by atoms with E-state index >= 15 is 0 Å². The molecular weight excluding hydrogens is 271 g/mol. The highest BCUT2D eigenvalue weighted by Crippen LogP contribution is 2.28. The summed E-state index contributed by atoms with van der Waals surface area (Å²) in [7, 11) is 0. The van der Waals surface area contributed by atoms with Gasteiger partial charge in [0.1, 0.15) is 11.5 Å². The predicted molar refractivity (Wildman–Crippen MR) is 67.2 cm³/mol. The van der Waals surface area contributed by atoms with Crippen molar-refractivity contribution in [1.29, 1.82) is 0 Å². The van der Waals surface area contributed by atoms with Gasteiger partial charge in [0, 0.05) is 18.3 Å². The first kappa shape index (κ1) is 14.6. The lowest BCUT2D eigenvalue weighted by Crippen LogP contribution is -2.11. The fourth-order valence-electron chi connectivity index (χ4n) is 1.86. The highest BCUT2D eigenvalue weighted by Gasteiger charge is 2.32. The van der Waals surface area contributed by atoms with E-state index in [2.05, 4.69) is 10.4 Å². The van der Waals surface area contributed by atoms with Crippen molar-refractivity contribution in [2.45, 2.75) is 33.1 Å². The number of hydrogen-bond acceptors (Lipinski definition) is 3. The van der Waals surface area contributed by atoms with Crippen molar-refractivity contribution in [1.82, 2.24) is 15.1 Å². The van der Waals surface area contributed by atoms with Crippen LogP contribution in [0.15, 0.2) is 22.9 Å². The third-order valence-electron chi connectivity index (χ3n) is 2.92. The Labute approximate surface area is 114 Å². The smallest absolute Gasteiger partial charge is 0.419 e. The van der Waals surface area contributed by atoms with Gasteiger partial charge < -0.3 is 9.73 Å². The lowest BCUT2D eigenvalue weighted by Gasteiger charge is -2.00. The molecule has 2 aromatic rings. The van der Waals surface area contributed by atoms with Gasteiger partial charge in [0.05, 0.1) is 18.3 Å². The van der Waals surface area contributed by atoms with E-state index in [1.54, 1.807) is 0 Å². The van der Waals surface area contributed by atoms with Crippen LogP contribution in [0.1, 0.15) is 29.6 Å². The van der Waals surface area contributed by atoms with E-state index in [-0.39, 0.29) is 6.54 Å². The van der Waals surface area contributed by atoms with Crippen molar-refractivity contribution in [3.63, 3.8) is 0 Å². The normalized spacial score (nSPS) is 12.1. The van der Waals surface area contributed by atoms with Gasteiger partial charge in [0.15, 0.2) is 0 Å². The molecular formula is C13H16F3N3O. The summed E-state index contributed by atoms with van der Waals surface area (Å²) in [6.45, 7) is 5.54. The molecule has 0 fully saturated rings. The van der Waals surface area contributed by atoms with E-state index in [1.807, 2.05) is 19.9 Å². The molecule has 0 amide bonds. The molecule has 0 saturated heterocycles.